The van der Waals surface area contributed by atoms with E-state index in [0.717, 1.165) is 22.8 Å². The van der Waals surface area contributed by atoms with Gasteiger partial charge in [0.1, 0.15) is 16.5 Å². The maximum absolute atomic E-state index is 13.9. The predicted molar refractivity (Wildman–Crippen MR) is 108 cm³/mol. The number of sulfonamides is 1. The summed E-state index contributed by atoms with van der Waals surface area (Å²) < 4.78 is 46.2. The normalized spacial score (nSPS) is 15.4. The van der Waals surface area contributed by atoms with E-state index in [0.29, 0.717) is 5.75 Å². The quantitative estimate of drug-likeness (QED) is 0.746. The second-order valence-corrected chi connectivity index (χ2v) is 9.14. The Morgan fingerprint density at radius 3 is 2.21 bits per heavy atom. The third-order valence-corrected chi connectivity index (χ3v) is 6.92. The molecule has 0 aliphatic carbocycles. The van der Waals surface area contributed by atoms with Gasteiger partial charge in [-0.15, -0.1) is 0 Å². The molecule has 1 aliphatic heterocycles. The zero-order valence-corrected chi connectivity index (χ0v) is 17.6. The number of benzene rings is 2. The third kappa shape index (κ3) is 4.59. The highest BCUT2D eigenvalue weighted by molar-refractivity contribution is 7.89. The lowest BCUT2D eigenvalue weighted by Crippen LogP contribution is -2.51. The molecule has 0 radical (unpaired) electrons. The Kier molecular flexibility index (Phi) is 6.24. The van der Waals surface area contributed by atoms with Crippen molar-refractivity contribution in [2.75, 3.05) is 32.8 Å². The van der Waals surface area contributed by atoms with Gasteiger partial charge in [-0.1, -0.05) is 29.8 Å². The van der Waals surface area contributed by atoms with Crippen molar-refractivity contribution in [2.24, 2.45) is 0 Å². The zero-order chi connectivity index (χ0) is 21.2. The van der Waals surface area contributed by atoms with E-state index >= 15 is 0 Å². The lowest BCUT2D eigenvalue weighted by molar-refractivity contribution is -0.134. The van der Waals surface area contributed by atoms with Crippen LogP contribution in [-0.4, -0.2) is 56.3 Å². The van der Waals surface area contributed by atoms with Crippen molar-refractivity contribution in [3.63, 3.8) is 0 Å². The maximum Gasteiger partial charge on any atom is 0.260 e. The van der Waals surface area contributed by atoms with Crippen LogP contribution in [0.25, 0.3) is 0 Å². The van der Waals surface area contributed by atoms with Crippen molar-refractivity contribution in [3.8, 4) is 5.75 Å². The van der Waals surface area contributed by atoms with Crippen molar-refractivity contribution in [1.82, 2.24) is 9.21 Å². The monoisotopic (exact) mass is 420 g/mol. The molecule has 1 fully saturated rings. The Bertz CT molecular complexity index is 992. The average Bonchev–Trinajstić information content (AvgIpc) is 2.67. The van der Waals surface area contributed by atoms with Crippen LogP contribution in [0.15, 0.2) is 41.3 Å². The Hall–Kier alpha value is -2.45. The molecular weight excluding hydrogens is 395 g/mol. The fourth-order valence-electron chi connectivity index (χ4n) is 3.59. The average molecular weight is 421 g/mol. The second kappa shape index (κ2) is 8.51. The van der Waals surface area contributed by atoms with Crippen molar-refractivity contribution >= 4 is 15.9 Å². The highest BCUT2D eigenvalue weighted by atomic mass is 32.2. The van der Waals surface area contributed by atoms with Gasteiger partial charge in [0, 0.05) is 26.2 Å². The Morgan fingerprint density at radius 2 is 1.62 bits per heavy atom. The van der Waals surface area contributed by atoms with Gasteiger partial charge in [-0.3, -0.25) is 4.79 Å². The third-order valence-electron chi connectivity index (χ3n) is 4.99. The number of hydrogen-bond acceptors (Lipinski definition) is 4. The first-order chi connectivity index (χ1) is 13.7. The largest absolute Gasteiger partial charge is 0.483 e. The number of halogens is 1. The number of piperazine rings is 1. The summed E-state index contributed by atoms with van der Waals surface area (Å²) in [6, 6.07) is 9.31. The van der Waals surface area contributed by atoms with Crippen molar-refractivity contribution < 1.29 is 22.3 Å². The van der Waals surface area contributed by atoms with E-state index in [1.165, 1.54) is 22.5 Å². The van der Waals surface area contributed by atoms with E-state index in [1.807, 2.05) is 32.9 Å². The van der Waals surface area contributed by atoms with Gasteiger partial charge in [-0.25, -0.2) is 12.8 Å². The molecule has 0 aromatic heterocycles. The van der Waals surface area contributed by atoms with Gasteiger partial charge in [0.25, 0.3) is 5.91 Å². The Morgan fingerprint density at radius 1 is 1.03 bits per heavy atom. The van der Waals surface area contributed by atoms with Crippen molar-refractivity contribution in [3.05, 3.63) is 58.9 Å². The SMILES string of the molecule is Cc1cc(C)c(OCC(=O)N2CCN(S(=O)(=O)c3ccccc3F)CC2)c(C)c1. The van der Waals surface area contributed by atoms with Gasteiger partial charge < -0.3 is 9.64 Å². The summed E-state index contributed by atoms with van der Waals surface area (Å²) >= 11 is 0. The van der Waals surface area contributed by atoms with Gasteiger partial charge in [-0.05, 0) is 44.0 Å². The fourth-order valence-corrected chi connectivity index (χ4v) is 5.08. The van der Waals surface area contributed by atoms with E-state index < -0.39 is 15.8 Å². The summed E-state index contributed by atoms with van der Waals surface area (Å²) in [5, 5.41) is 0. The van der Waals surface area contributed by atoms with Gasteiger partial charge in [0.05, 0.1) is 0 Å². The van der Waals surface area contributed by atoms with E-state index in [2.05, 4.69) is 0 Å². The maximum atomic E-state index is 13.9. The molecule has 0 N–H and O–H groups in total. The van der Waals surface area contributed by atoms with Gasteiger partial charge in [0.15, 0.2) is 6.61 Å². The molecule has 1 saturated heterocycles. The molecule has 1 amide bonds. The minimum absolute atomic E-state index is 0.106. The molecule has 0 atom stereocenters. The first-order valence-electron chi connectivity index (χ1n) is 9.43. The minimum atomic E-state index is -3.92. The molecule has 2 aromatic carbocycles. The molecule has 2 aromatic rings. The number of hydrogen-bond donors (Lipinski definition) is 0. The molecule has 0 saturated carbocycles. The van der Waals surface area contributed by atoms with Crippen LogP contribution in [0.4, 0.5) is 4.39 Å². The lowest BCUT2D eigenvalue weighted by atomic mass is 10.1. The molecule has 156 valence electrons. The molecule has 8 heteroatoms. The van der Waals surface area contributed by atoms with Crippen LogP contribution in [0.1, 0.15) is 16.7 Å². The summed E-state index contributed by atoms with van der Waals surface area (Å²) in [5.41, 5.74) is 3.07. The summed E-state index contributed by atoms with van der Waals surface area (Å²) in [6.45, 7) is 6.48. The number of carbonyl (C=O) groups excluding carboxylic acids is 1. The Labute approximate surface area is 170 Å². The van der Waals surface area contributed by atoms with Crippen LogP contribution >= 0.6 is 0 Å². The smallest absolute Gasteiger partial charge is 0.260 e. The molecule has 3 rings (SSSR count). The molecule has 6 nitrogen and oxygen atoms in total. The number of rotatable bonds is 5. The predicted octanol–water partition coefficient (Wildman–Crippen LogP) is 2.66. The zero-order valence-electron chi connectivity index (χ0n) is 16.8. The molecule has 0 unspecified atom stereocenters. The summed E-state index contributed by atoms with van der Waals surface area (Å²) in [6.07, 6.45) is 0. The molecule has 1 aliphatic rings. The van der Waals surface area contributed by atoms with E-state index in [1.54, 1.807) is 4.90 Å². The van der Waals surface area contributed by atoms with Crippen LogP contribution in [0.2, 0.25) is 0 Å². The summed E-state index contributed by atoms with van der Waals surface area (Å²) in [4.78, 5) is 13.8. The molecule has 29 heavy (non-hydrogen) atoms. The van der Waals surface area contributed by atoms with E-state index in [-0.39, 0.29) is 43.6 Å². The number of nitrogens with zero attached hydrogens (tertiary/aromatic N) is 2. The van der Waals surface area contributed by atoms with Crippen LogP contribution in [0, 0.1) is 26.6 Å². The molecule has 0 spiro atoms. The van der Waals surface area contributed by atoms with Crippen LogP contribution in [0.5, 0.6) is 5.75 Å². The molecule has 1 heterocycles. The van der Waals surface area contributed by atoms with Crippen molar-refractivity contribution in [1.29, 1.82) is 0 Å². The van der Waals surface area contributed by atoms with Gasteiger partial charge in [-0.2, -0.15) is 4.31 Å². The molecular formula is C21H25FN2O4S. The van der Waals surface area contributed by atoms with Crippen molar-refractivity contribution in [2.45, 2.75) is 25.7 Å². The van der Waals surface area contributed by atoms with E-state index in [9.17, 15) is 17.6 Å². The fraction of sp³-hybridized carbons (Fsp3) is 0.381. The highest BCUT2D eigenvalue weighted by Gasteiger charge is 2.31. The number of carbonyl (C=O) groups is 1. The van der Waals surface area contributed by atoms with Crippen LogP contribution in [-0.2, 0) is 14.8 Å². The Balaban J connectivity index is 1.59. The first kappa shape index (κ1) is 21.3. The number of amides is 1. The van der Waals surface area contributed by atoms with Crippen LogP contribution < -0.4 is 4.74 Å². The van der Waals surface area contributed by atoms with Crippen LogP contribution in [0.3, 0.4) is 0 Å². The topological polar surface area (TPSA) is 66.9 Å². The number of ether oxygens (including phenoxy) is 1. The standard InChI is InChI=1S/C21H25FN2O4S/c1-15-12-16(2)21(17(3)13-15)28-14-20(25)23-8-10-24(11-9-23)29(26,27)19-7-5-4-6-18(19)22/h4-7,12-13H,8-11,14H2,1-3H3. The summed E-state index contributed by atoms with van der Waals surface area (Å²) in [7, 11) is -3.92. The summed E-state index contributed by atoms with van der Waals surface area (Å²) in [5.74, 6) is -0.278. The lowest BCUT2D eigenvalue weighted by Gasteiger charge is -2.34. The minimum Gasteiger partial charge on any atom is -0.483 e. The van der Waals surface area contributed by atoms with E-state index in [4.69, 9.17) is 4.74 Å². The van der Waals surface area contributed by atoms with Gasteiger partial charge >= 0.3 is 0 Å². The highest BCUT2D eigenvalue weighted by Crippen LogP contribution is 2.25. The second-order valence-electron chi connectivity index (χ2n) is 7.23. The first-order valence-corrected chi connectivity index (χ1v) is 10.9. The molecule has 0 bridgehead atoms. The van der Waals surface area contributed by atoms with Gasteiger partial charge in [0.2, 0.25) is 10.0 Å². The number of aryl methyl sites for hydroxylation is 3.